The fraction of sp³-hybridized carbons (Fsp3) is 0.706. The molecule has 2 aliphatic heterocycles. The number of hydrogen-bond donors (Lipinski definition) is 1. The molecule has 116 valence electrons. The van der Waals surface area contributed by atoms with Crippen molar-refractivity contribution in [1.82, 2.24) is 9.88 Å². The summed E-state index contributed by atoms with van der Waals surface area (Å²) in [4.78, 5) is 9.61. The number of rotatable bonds is 3. The SMILES string of the molecule is CC[C@@H](O)c1ccc(N2CC3CCCCN3CC2C)cn1. The van der Waals surface area contributed by atoms with E-state index in [1.54, 1.807) is 0 Å². The van der Waals surface area contributed by atoms with Crippen LogP contribution in [-0.2, 0) is 0 Å². The van der Waals surface area contributed by atoms with Crippen molar-refractivity contribution < 1.29 is 5.11 Å². The minimum Gasteiger partial charge on any atom is -0.387 e. The molecule has 0 aromatic carbocycles. The first kappa shape index (κ1) is 14.8. The van der Waals surface area contributed by atoms with E-state index in [2.05, 4.69) is 27.8 Å². The quantitative estimate of drug-likeness (QED) is 0.928. The lowest BCUT2D eigenvalue weighted by molar-refractivity contribution is 0.115. The number of hydrogen-bond acceptors (Lipinski definition) is 4. The molecule has 21 heavy (non-hydrogen) atoms. The second-order valence-corrected chi connectivity index (χ2v) is 6.51. The molecule has 0 aliphatic carbocycles. The molecule has 4 nitrogen and oxygen atoms in total. The largest absolute Gasteiger partial charge is 0.387 e. The summed E-state index contributed by atoms with van der Waals surface area (Å²) in [7, 11) is 0. The minimum atomic E-state index is -0.438. The maximum atomic E-state index is 9.85. The van der Waals surface area contributed by atoms with Crippen molar-refractivity contribution in [2.75, 3.05) is 24.5 Å². The lowest BCUT2D eigenvalue weighted by Crippen LogP contribution is -2.58. The van der Waals surface area contributed by atoms with Gasteiger partial charge in [0.25, 0.3) is 0 Å². The van der Waals surface area contributed by atoms with Crippen LogP contribution < -0.4 is 4.90 Å². The molecule has 2 aliphatic rings. The lowest BCUT2D eigenvalue weighted by atomic mass is 9.97. The predicted molar refractivity (Wildman–Crippen MR) is 85.5 cm³/mol. The number of fused-ring (bicyclic) bond motifs is 1. The van der Waals surface area contributed by atoms with Crippen LogP contribution in [0.3, 0.4) is 0 Å². The van der Waals surface area contributed by atoms with Gasteiger partial charge in [0.05, 0.1) is 23.7 Å². The number of piperazine rings is 1. The Kier molecular flexibility index (Phi) is 4.45. The van der Waals surface area contributed by atoms with Crippen LogP contribution in [0.5, 0.6) is 0 Å². The van der Waals surface area contributed by atoms with Crippen molar-refractivity contribution in [2.24, 2.45) is 0 Å². The molecule has 1 aromatic rings. The predicted octanol–water partition coefficient (Wildman–Crippen LogP) is 2.59. The fourth-order valence-electron chi connectivity index (χ4n) is 3.69. The second kappa shape index (κ2) is 6.32. The fourth-order valence-corrected chi connectivity index (χ4v) is 3.69. The Morgan fingerprint density at radius 3 is 2.90 bits per heavy atom. The zero-order valence-corrected chi connectivity index (χ0v) is 13.2. The molecule has 0 radical (unpaired) electrons. The molecule has 2 unspecified atom stereocenters. The van der Waals surface area contributed by atoms with Gasteiger partial charge < -0.3 is 10.0 Å². The van der Waals surface area contributed by atoms with Crippen molar-refractivity contribution in [3.05, 3.63) is 24.0 Å². The Bertz CT molecular complexity index is 462. The highest BCUT2D eigenvalue weighted by Gasteiger charge is 2.33. The molecule has 0 spiro atoms. The highest BCUT2D eigenvalue weighted by atomic mass is 16.3. The van der Waals surface area contributed by atoms with Crippen LogP contribution in [0, 0.1) is 0 Å². The molecular formula is C17H27N3O. The van der Waals surface area contributed by atoms with E-state index in [-0.39, 0.29) is 0 Å². The molecule has 2 fully saturated rings. The van der Waals surface area contributed by atoms with Crippen molar-refractivity contribution >= 4 is 5.69 Å². The van der Waals surface area contributed by atoms with Gasteiger partial charge in [0.1, 0.15) is 0 Å². The van der Waals surface area contributed by atoms with Crippen LogP contribution in [0.1, 0.15) is 51.3 Å². The van der Waals surface area contributed by atoms with Crippen LogP contribution in [0.2, 0.25) is 0 Å². The zero-order chi connectivity index (χ0) is 14.8. The standard InChI is InChI=1S/C17H27N3O/c1-3-17(21)16-8-7-14(10-18-16)20-12-15-6-4-5-9-19(15)11-13(20)2/h7-8,10,13,15,17,21H,3-6,9,11-12H2,1-2H3/t13?,15?,17-/m1/s1. The van der Waals surface area contributed by atoms with E-state index >= 15 is 0 Å². The smallest absolute Gasteiger partial charge is 0.0957 e. The third-order valence-corrected chi connectivity index (χ3v) is 5.02. The molecule has 1 aromatic heterocycles. The number of nitrogens with zero attached hydrogens (tertiary/aromatic N) is 3. The molecule has 1 N–H and O–H groups in total. The summed E-state index contributed by atoms with van der Waals surface area (Å²) in [6.07, 6.45) is 6.25. The first-order chi connectivity index (χ1) is 10.2. The number of anilines is 1. The summed E-state index contributed by atoms with van der Waals surface area (Å²) in [5.74, 6) is 0. The molecular weight excluding hydrogens is 262 g/mol. The summed E-state index contributed by atoms with van der Waals surface area (Å²) < 4.78 is 0. The lowest BCUT2D eigenvalue weighted by Gasteiger charge is -2.48. The third-order valence-electron chi connectivity index (χ3n) is 5.02. The summed E-state index contributed by atoms with van der Waals surface area (Å²) >= 11 is 0. The van der Waals surface area contributed by atoms with Crippen LogP contribution in [0.15, 0.2) is 18.3 Å². The Labute approximate surface area is 127 Å². The highest BCUT2D eigenvalue weighted by Crippen LogP contribution is 2.28. The molecule has 0 saturated carbocycles. The van der Waals surface area contributed by atoms with E-state index in [1.165, 1.54) is 31.5 Å². The van der Waals surface area contributed by atoms with Gasteiger partial charge in [-0.2, -0.15) is 0 Å². The molecule has 3 rings (SSSR count). The van der Waals surface area contributed by atoms with Crippen LogP contribution in [-0.4, -0.2) is 46.7 Å². The van der Waals surface area contributed by atoms with Crippen LogP contribution in [0.25, 0.3) is 0 Å². The maximum absolute atomic E-state index is 9.85. The van der Waals surface area contributed by atoms with Gasteiger partial charge in [0.15, 0.2) is 0 Å². The van der Waals surface area contributed by atoms with E-state index in [0.717, 1.165) is 18.8 Å². The van der Waals surface area contributed by atoms with E-state index in [0.29, 0.717) is 18.5 Å². The number of piperidine rings is 1. The van der Waals surface area contributed by atoms with Gasteiger partial charge in [-0.25, -0.2) is 0 Å². The van der Waals surface area contributed by atoms with Gasteiger partial charge in [0.2, 0.25) is 0 Å². The number of aromatic nitrogens is 1. The first-order valence-electron chi connectivity index (χ1n) is 8.33. The van der Waals surface area contributed by atoms with Gasteiger partial charge >= 0.3 is 0 Å². The van der Waals surface area contributed by atoms with E-state index in [4.69, 9.17) is 0 Å². The van der Waals surface area contributed by atoms with Crippen molar-refractivity contribution in [3.8, 4) is 0 Å². The van der Waals surface area contributed by atoms with E-state index in [1.807, 2.05) is 19.2 Å². The van der Waals surface area contributed by atoms with Gasteiger partial charge in [0, 0.05) is 25.2 Å². The number of aliphatic hydroxyl groups is 1. The summed E-state index contributed by atoms with van der Waals surface area (Å²) in [6.45, 7) is 7.81. The maximum Gasteiger partial charge on any atom is 0.0957 e. The first-order valence-corrected chi connectivity index (χ1v) is 8.33. The normalized spacial score (nSPS) is 28.2. The average molecular weight is 289 g/mol. The summed E-state index contributed by atoms with van der Waals surface area (Å²) in [5.41, 5.74) is 1.98. The average Bonchev–Trinajstić information content (AvgIpc) is 2.53. The molecule has 2 saturated heterocycles. The Balaban J connectivity index is 1.73. The number of pyridine rings is 1. The molecule has 0 amide bonds. The summed E-state index contributed by atoms with van der Waals surface area (Å²) in [6, 6.07) is 5.33. The van der Waals surface area contributed by atoms with Crippen LogP contribution >= 0.6 is 0 Å². The van der Waals surface area contributed by atoms with Crippen molar-refractivity contribution in [2.45, 2.75) is 57.7 Å². The molecule has 3 heterocycles. The topological polar surface area (TPSA) is 39.6 Å². The van der Waals surface area contributed by atoms with Crippen LogP contribution in [0.4, 0.5) is 5.69 Å². The molecule has 0 bridgehead atoms. The zero-order valence-electron chi connectivity index (χ0n) is 13.2. The molecule has 3 atom stereocenters. The Morgan fingerprint density at radius 2 is 2.19 bits per heavy atom. The molecule has 4 heteroatoms. The number of aliphatic hydroxyl groups excluding tert-OH is 1. The van der Waals surface area contributed by atoms with Gasteiger partial charge in [-0.15, -0.1) is 0 Å². The Hall–Kier alpha value is -1.13. The van der Waals surface area contributed by atoms with Crippen molar-refractivity contribution in [1.29, 1.82) is 0 Å². The van der Waals surface area contributed by atoms with Gasteiger partial charge in [-0.1, -0.05) is 13.3 Å². The van der Waals surface area contributed by atoms with Crippen molar-refractivity contribution in [3.63, 3.8) is 0 Å². The van der Waals surface area contributed by atoms with E-state index in [9.17, 15) is 5.11 Å². The second-order valence-electron chi connectivity index (χ2n) is 6.51. The van der Waals surface area contributed by atoms with Gasteiger partial charge in [-0.05, 0) is 44.9 Å². The Morgan fingerprint density at radius 1 is 1.33 bits per heavy atom. The third kappa shape index (κ3) is 3.06. The highest BCUT2D eigenvalue weighted by molar-refractivity contribution is 5.46. The van der Waals surface area contributed by atoms with Gasteiger partial charge in [-0.3, -0.25) is 9.88 Å². The minimum absolute atomic E-state index is 0.438. The van der Waals surface area contributed by atoms with E-state index < -0.39 is 6.10 Å². The monoisotopic (exact) mass is 289 g/mol. The summed E-state index contributed by atoms with van der Waals surface area (Å²) in [5, 5.41) is 9.85.